The first-order valence-electron chi connectivity index (χ1n) is 6.56. The fourth-order valence-corrected chi connectivity index (χ4v) is 1.92. The maximum Gasteiger partial charge on any atom is 0.309 e. The van der Waals surface area contributed by atoms with Gasteiger partial charge in [-0.3, -0.25) is 9.69 Å². The normalized spacial score (nSPS) is 10.7. The third-order valence-electron chi connectivity index (χ3n) is 3.13. The smallest absolute Gasteiger partial charge is 0.309 e. The van der Waals surface area contributed by atoms with Crippen molar-refractivity contribution in [3.8, 4) is 0 Å². The van der Waals surface area contributed by atoms with Gasteiger partial charge in [-0.25, -0.2) is 0 Å². The Morgan fingerprint density at radius 1 is 1.21 bits per heavy atom. The zero-order chi connectivity index (χ0) is 14.1. The summed E-state index contributed by atoms with van der Waals surface area (Å²) >= 11 is 0. The Balaban J connectivity index is 2.72. The van der Waals surface area contributed by atoms with E-state index in [9.17, 15) is 4.79 Å². The van der Waals surface area contributed by atoms with Crippen molar-refractivity contribution in [1.82, 2.24) is 4.90 Å². The van der Waals surface area contributed by atoms with Crippen LogP contribution in [0.1, 0.15) is 18.1 Å². The molecule has 4 heteroatoms. The Kier molecular flexibility index (Phi) is 7.15. The number of benzene rings is 1. The molecule has 0 saturated heterocycles. The molecule has 1 aromatic rings. The number of hydrogen-bond acceptors (Lipinski definition) is 4. The molecule has 4 nitrogen and oxygen atoms in total. The van der Waals surface area contributed by atoms with E-state index in [0.717, 1.165) is 25.2 Å². The first kappa shape index (κ1) is 15.7. The predicted octanol–water partition coefficient (Wildman–Crippen LogP) is 1.87. The summed E-state index contributed by atoms with van der Waals surface area (Å²) < 4.78 is 9.84. The molecule has 0 atom stereocenters. The van der Waals surface area contributed by atoms with Crippen LogP contribution in [0.3, 0.4) is 0 Å². The number of methoxy groups -OCH3 is 2. The van der Waals surface area contributed by atoms with Gasteiger partial charge in [-0.15, -0.1) is 0 Å². The van der Waals surface area contributed by atoms with Crippen LogP contribution in [0.15, 0.2) is 24.3 Å². The average molecular weight is 265 g/mol. The summed E-state index contributed by atoms with van der Waals surface area (Å²) in [4.78, 5) is 13.7. The van der Waals surface area contributed by atoms with Gasteiger partial charge in [-0.2, -0.15) is 0 Å². The van der Waals surface area contributed by atoms with Gasteiger partial charge in [0, 0.05) is 20.2 Å². The second-order valence-corrected chi connectivity index (χ2v) is 4.38. The Morgan fingerprint density at radius 3 is 2.47 bits per heavy atom. The van der Waals surface area contributed by atoms with Gasteiger partial charge in [0.05, 0.1) is 20.1 Å². The number of carbonyl (C=O) groups excluding carboxylic acids is 1. The summed E-state index contributed by atoms with van der Waals surface area (Å²) in [5.74, 6) is -0.201. The van der Waals surface area contributed by atoms with Crippen molar-refractivity contribution in [2.75, 3.05) is 33.9 Å². The molecule has 0 amide bonds. The second kappa shape index (κ2) is 8.67. The molecule has 0 radical (unpaired) electrons. The molecule has 1 rings (SSSR count). The molecule has 19 heavy (non-hydrogen) atoms. The van der Waals surface area contributed by atoms with Gasteiger partial charge in [0.25, 0.3) is 0 Å². The van der Waals surface area contributed by atoms with Crippen molar-refractivity contribution >= 4 is 5.97 Å². The van der Waals surface area contributed by atoms with Crippen molar-refractivity contribution in [2.45, 2.75) is 19.9 Å². The highest BCUT2D eigenvalue weighted by molar-refractivity contribution is 5.72. The highest BCUT2D eigenvalue weighted by atomic mass is 16.5. The highest BCUT2D eigenvalue weighted by Crippen LogP contribution is 2.13. The number of nitrogens with zero attached hydrogens (tertiary/aromatic N) is 1. The van der Waals surface area contributed by atoms with Crippen LogP contribution in [0.4, 0.5) is 0 Å². The molecule has 0 spiro atoms. The predicted molar refractivity (Wildman–Crippen MR) is 75.0 cm³/mol. The van der Waals surface area contributed by atoms with Crippen LogP contribution in [-0.4, -0.2) is 44.8 Å². The van der Waals surface area contributed by atoms with E-state index < -0.39 is 0 Å². The summed E-state index contributed by atoms with van der Waals surface area (Å²) in [6, 6.07) is 8.00. The third-order valence-corrected chi connectivity index (χ3v) is 3.13. The van der Waals surface area contributed by atoms with E-state index in [1.165, 1.54) is 12.7 Å². The summed E-state index contributed by atoms with van der Waals surface area (Å²) in [7, 11) is 3.13. The third kappa shape index (κ3) is 5.41. The van der Waals surface area contributed by atoms with Crippen LogP contribution in [0, 0.1) is 0 Å². The lowest BCUT2D eigenvalue weighted by Crippen LogP contribution is -2.27. The van der Waals surface area contributed by atoms with Crippen LogP contribution in [0.25, 0.3) is 0 Å². The van der Waals surface area contributed by atoms with E-state index in [1.54, 1.807) is 7.11 Å². The van der Waals surface area contributed by atoms with Crippen LogP contribution in [-0.2, 0) is 27.2 Å². The number of hydrogen-bond donors (Lipinski definition) is 0. The lowest BCUT2D eigenvalue weighted by atomic mass is 10.0. The zero-order valence-electron chi connectivity index (χ0n) is 12.0. The van der Waals surface area contributed by atoms with Crippen molar-refractivity contribution < 1.29 is 14.3 Å². The minimum absolute atomic E-state index is 0.201. The molecule has 0 aliphatic rings. The van der Waals surface area contributed by atoms with Gasteiger partial charge < -0.3 is 9.47 Å². The summed E-state index contributed by atoms with van der Waals surface area (Å²) in [5, 5.41) is 0. The molecule has 0 heterocycles. The Hall–Kier alpha value is -1.39. The largest absolute Gasteiger partial charge is 0.469 e. The minimum atomic E-state index is -0.201. The molecule has 106 valence electrons. The van der Waals surface area contributed by atoms with Gasteiger partial charge in [-0.1, -0.05) is 31.2 Å². The minimum Gasteiger partial charge on any atom is -0.469 e. The molecule has 0 aliphatic heterocycles. The van der Waals surface area contributed by atoms with Crippen LogP contribution in [0.2, 0.25) is 0 Å². The zero-order valence-corrected chi connectivity index (χ0v) is 12.0. The maximum atomic E-state index is 11.4. The lowest BCUT2D eigenvalue weighted by molar-refractivity contribution is -0.139. The molecule has 0 N–H and O–H groups in total. The molecular weight excluding hydrogens is 242 g/mol. The van der Waals surface area contributed by atoms with E-state index in [2.05, 4.69) is 17.9 Å². The highest BCUT2D eigenvalue weighted by Gasteiger charge is 2.10. The van der Waals surface area contributed by atoms with Crippen molar-refractivity contribution in [1.29, 1.82) is 0 Å². The van der Waals surface area contributed by atoms with Crippen molar-refractivity contribution in [3.63, 3.8) is 0 Å². The number of carbonyl (C=O) groups is 1. The van der Waals surface area contributed by atoms with Gasteiger partial charge >= 0.3 is 5.97 Å². The standard InChI is InChI=1S/C15H23NO3/c1-4-16(9-10-18-2)12-14-8-6-5-7-13(14)11-15(17)19-3/h5-8H,4,9-12H2,1-3H3. The Morgan fingerprint density at radius 2 is 1.89 bits per heavy atom. The fourth-order valence-electron chi connectivity index (χ4n) is 1.92. The summed E-state index contributed by atoms with van der Waals surface area (Å²) in [6.45, 7) is 5.51. The van der Waals surface area contributed by atoms with E-state index >= 15 is 0 Å². The van der Waals surface area contributed by atoms with Gasteiger partial charge in [0.15, 0.2) is 0 Å². The number of ether oxygens (including phenoxy) is 2. The maximum absolute atomic E-state index is 11.4. The first-order valence-corrected chi connectivity index (χ1v) is 6.56. The van der Waals surface area contributed by atoms with Crippen LogP contribution < -0.4 is 0 Å². The molecule has 0 bridgehead atoms. The SMILES string of the molecule is CCN(CCOC)Cc1ccccc1CC(=O)OC. The lowest BCUT2D eigenvalue weighted by Gasteiger charge is -2.21. The van der Waals surface area contributed by atoms with Crippen LogP contribution >= 0.6 is 0 Å². The van der Waals surface area contributed by atoms with E-state index in [-0.39, 0.29) is 5.97 Å². The number of esters is 1. The average Bonchev–Trinajstić information content (AvgIpc) is 2.44. The van der Waals surface area contributed by atoms with E-state index in [0.29, 0.717) is 13.0 Å². The van der Waals surface area contributed by atoms with E-state index in [1.807, 2.05) is 18.2 Å². The van der Waals surface area contributed by atoms with Gasteiger partial charge in [0.1, 0.15) is 0 Å². The first-order chi connectivity index (χ1) is 9.21. The number of likely N-dealkylation sites (N-methyl/N-ethyl adjacent to an activating group) is 1. The molecule has 1 aromatic carbocycles. The Labute approximate surface area is 115 Å². The fraction of sp³-hybridized carbons (Fsp3) is 0.533. The summed E-state index contributed by atoms with van der Waals surface area (Å²) in [5.41, 5.74) is 2.20. The molecule has 0 saturated carbocycles. The number of rotatable bonds is 8. The summed E-state index contributed by atoms with van der Waals surface area (Å²) in [6.07, 6.45) is 0.328. The Bertz CT molecular complexity index is 393. The van der Waals surface area contributed by atoms with E-state index in [4.69, 9.17) is 9.47 Å². The molecule has 0 unspecified atom stereocenters. The topological polar surface area (TPSA) is 38.8 Å². The van der Waals surface area contributed by atoms with Crippen LogP contribution in [0.5, 0.6) is 0 Å². The monoisotopic (exact) mass is 265 g/mol. The molecule has 0 aromatic heterocycles. The molecule has 0 aliphatic carbocycles. The second-order valence-electron chi connectivity index (χ2n) is 4.38. The molecule has 0 fully saturated rings. The van der Waals surface area contributed by atoms with Crippen molar-refractivity contribution in [2.24, 2.45) is 0 Å². The quantitative estimate of drug-likeness (QED) is 0.673. The molecular formula is C15H23NO3. The van der Waals surface area contributed by atoms with Gasteiger partial charge in [0.2, 0.25) is 0 Å². The van der Waals surface area contributed by atoms with Crippen molar-refractivity contribution in [3.05, 3.63) is 35.4 Å². The van der Waals surface area contributed by atoms with Gasteiger partial charge in [-0.05, 0) is 17.7 Å².